The van der Waals surface area contributed by atoms with Gasteiger partial charge in [0.2, 0.25) is 12.3 Å². The van der Waals surface area contributed by atoms with Crippen molar-refractivity contribution in [3.05, 3.63) is 30.2 Å². The predicted molar refractivity (Wildman–Crippen MR) is 83.0 cm³/mol. The van der Waals surface area contributed by atoms with Gasteiger partial charge in [-0.05, 0) is 43.2 Å². The monoisotopic (exact) mass is 289 g/mol. The number of nitrogens with zero attached hydrogens (tertiary/aromatic N) is 2. The smallest absolute Gasteiger partial charge is 0.247 e. The molecule has 2 unspecified atom stereocenters. The maximum Gasteiger partial charge on any atom is 0.247 e. The number of hydrogen-bond donors (Lipinski definition) is 1. The van der Waals surface area contributed by atoms with Gasteiger partial charge in [0.1, 0.15) is 0 Å². The highest BCUT2D eigenvalue weighted by molar-refractivity contribution is 8.00. The summed E-state index contributed by atoms with van der Waals surface area (Å²) in [6, 6.07) is 6.76. The number of anilines is 1. The first-order chi connectivity index (χ1) is 9.74. The third kappa shape index (κ3) is 2.82. The summed E-state index contributed by atoms with van der Waals surface area (Å²) >= 11 is 2.05. The van der Waals surface area contributed by atoms with Crippen molar-refractivity contribution in [2.75, 3.05) is 11.1 Å². The zero-order chi connectivity index (χ0) is 13.9. The van der Waals surface area contributed by atoms with E-state index in [2.05, 4.69) is 41.5 Å². The van der Waals surface area contributed by atoms with Crippen LogP contribution >= 0.6 is 11.8 Å². The average Bonchev–Trinajstić information content (AvgIpc) is 2.98. The van der Waals surface area contributed by atoms with E-state index in [4.69, 9.17) is 4.42 Å². The number of aryl methyl sites for hydroxylation is 1. The Kier molecular flexibility index (Phi) is 3.96. The van der Waals surface area contributed by atoms with Crippen LogP contribution in [-0.4, -0.2) is 27.2 Å². The SMILES string of the molecule is Cc1ccc(-c2nnco2)cc1NC1CCCSC1C. The van der Waals surface area contributed by atoms with Crippen molar-refractivity contribution >= 4 is 17.4 Å². The van der Waals surface area contributed by atoms with Gasteiger partial charge in [0, 0.05) is 22.5 Å². The van der Waals surface area contributed by atoms with Crippen LogP contribution in [0.2, 0.25) is 0 Å². The molecule has 1 aliphatic heterocycles. The highest BCUT2D eigenvalue weighted by Gasteiger charge is 2.22. The molecule has 0 saturated carbocycles. The molecule has 4 nitrogen and oxygen atoms in total. The molecule has 1 fully saturated rings. The highest BCUT2D eigenvalue weighted by Crippen LogP contribution is 2.30. The molecule has 0 bridgehead atoms. The second kappa shape index (κ2) is 5.87. The van der Waals surface area contributed by atoms with E-state index in [9.17, 15) is 0 Å². The quantitative estimate of drug-likeness (QED) is 0.932. The summed E-state index contributed by atoms with van der Waals surface area (Å²) in [5.41, 5.74) is 3.38. The minimum absolute atomic E-state index is 0.533. The Morgan fingerprint density at radius 2 is 2.30 bits per heavy atom. The average molecular weight is 289 g/mol. The molecule has 1 N–H and O–H groups in total. The van der Waals surface area contributed by atoms with Gasteiger partial charge in [-0.15, -0.1) is 10.2 Å². The number of aromatic nitrogens is 2. The van der Waals surface area contributed by atoms with Gasteiger partial charge in [0.25, 0.3) is 0 Å². The number of thioether (sulfide) groups is 1. The van der Waals surface area contributed by atoms with Crippen molar-refractivity contribution in [2.24, 2.45) is 0 Å². The van der Waals surface area contributed by atoms with Crippen molar-refractivity contribution in [3.63, 3.8) is 0 Å². The van der Waals surface area contributed by atoms with E-state index in [-0.39, 0.29) is 0 Å². The van der Waals surface area contributed by atoms with Gasteiger partial charge in [-0.2, -0.15) is 11.8 Å². The lowest BCUT2D eigenvalue weighted by atomic mass is 10.1. The fraction of sp³-hybridized carbons (Fsp3) is 0.467. The maximum absolute atomic E-state index is 5.27. The lowest BCUT2D eigenvalue weighted by molar-refractivity contribution is 0.568. The van der Waals surface area contributed by atoms with E-state index in [0.29, 0.717) is 17.2 Å². The van der Waals surface area contributed by atoms with E-state index < -0.39 is 0 Å². The number of rotatable bonds is 3. The fourth-order valence-corrected chi connectivity index (χ4v) is 3.66. The van der Waals surface area contributed by atoms with E-state index in [0.717, 1.165) is 5.56 Å². The summed E-state index contributed by atoms with van der Waals surface area (Å²) in [4.78, 5) is 0. The Bertz CT molecular complexity index is 571. The van der Waals surface area contributed by atoms with Gasteiger partial charge >= 0.3 is 0 Å². The Morgan fingerprint density at radius 1 is 1.40 bits per heavy atom. The van der Waals surface area contributed by atoms with Crippen molar-refractivity contribution in [1.29, 1.82) is 0 Å². The van der Waals surface area contributed by atoms with Crippen LogP contribution in [0, 0.1) is 6.92 Å². The Balaban J connectivity index is 1.83. The first kappa shape index (κ1) is 13.5. The van der Waals surface area contributed by atoms with Crippen LogP contribution in [0.5, 0.6) is 0 Å². The topological polar surface area (TPSA) is 51.0 Å². The van der Waals surface area contributed by atoms with E-state index >= 15 is 0 Å². The summed E-state index contributed by atoms with van der Waals surface area (Å²) in [5, 5.41) is 12.0. The molecule has 1 aromatic carbocycles. The molecule has 2 heterocycles. The zero-order valence-corrected chi connectivity index (χ0v) is 12.6. The van der Waals surface area contributed by atoms with Gasteiger partial charge in [-0.3, -0.25) is 0 Å². The third-order valence-corrected chi connectivity index (χ3v) is 5.17. The Labute approximate surface area is 123 Å². The molecule has 0 radical (unpaired) electrons. The van der Waals surface area contributed by atoms with Crippen molar-refractivity contribution < 1.29 is 4.42 Å². The Hall–Kier alpha value is -1.49. The number of nitrogens with one attached hydrogen (secondary N) is 1. The van der Waals surface area contributed by atoms with Crippen molar-refractivity contribution in [1.82, 2.24) is 10.2 Å². The molecular weight excluding hydrogens is 270 g/mol. The second-order valence-electron chi connectivity index (χ2n) is 5.24. The summed E-state index contributed by atoms with van der Waals surface area (Å²) in [6.07, 6.45) is 3.88. The fourth-order valence-electron chi connectivity index (χ4n) is 2.52. The van der Waals surface area contributed by atoms with Gasteiger partial charge in [0.05, 0.1) is 0 Å². The summed E-state index contributed by atoms with van der Waals surface area (Å²) in [7, 11) is 0. The molecule has 0 spiro atoms. The van der Waals surface area contributed by atoms with Crippen LogP contribution < -0.4 is 5.32 Å². The molecule has 1 aliphatic rings. The van der Waals surface area contributed by atoms with Crippen LogP contribution in [0.3, 0.4) is 0 Å². The predicted octanol–water partition coefficient (Wildman–Crippen LogP) is 3.74. The highest BCUT2D eigenvalue weighted by atomic mass is 32.2. The summed E-state index contributed by atoms with van der Waals surface area (Å²) < 4.78 is 5.27. The zero-order valence-electron chi connectivity index (χ0n) is 11.8. The summed E-state index contributed by atoms with van der Waals surface area (Å²) in [6.45, 7) is 4.43. The molecule has 1 aromatic heterocycles. The normalized spacial score (nSPS) is 22.7. The van der Waals surface area contributed by atoms with E-state index in [1.165, 1.54) is 36.2 Å². The van der Waals surface area contributed by atoms with E-state index in [1.54, 1.807) is 0 Å². The second-order valence-corrected chi connectivity index (χ2v) is 6.73. The van der Waals surface area contributed by atoms with Gasteiger partial charge < -0.3 is 9.73 Å². The van der Waals surface area contributed by atoms with Crippen LogP contribution in [0.25, 0.3) is 11.5 Å². The molecule has 106 valence electrons. The first-order valence-electron chi connectivity index (χ1n) is 6.99. The Morgan fingerprint density at radius 3 is 3.05 bits per heavy atom. The van der Waals surface area contributed by atoms with Crippen LogP contribution in [0.4, 0.5) is 5.69 Å². The van der Waals surface area contributed by atoms with Crippen LogP contribution in [0.1, 0.15) is 25.3 Å². The largest absolute Gasteiger partial charge is 0.423 e. The van der Waals surface area contributed by atoms with Gasteiger partial charge in [0.15, 0.2) is 0 Å². The number of benzene rings is 1. The molecular formula is C15H19N3OS. The van der Waals surface area contributed by atoms with Crippen molar-refractivity contribution in [3.8, 4) is 11.5 Å². The molecule has 5 heteroatoms. The molecule has 2 atom stereocenters. The lowest BCUT2D eigenvalue weighted by Crippen LogP contribution is -2.33. The molecule has 20 heavy (non-hydrogen) atoms. The van der Waals surface area contributed by atoms with Gasteiger partial charge in [-0.1, -0.05) is 13.0 Å². The minimum Gasteiger partial charge on any atom is -0.423 e. The summed E-state index contributed by atoms with van der Waals surface area (Å²) in [5.74, 6) is 1.85. The number of hydrogen-bond acceptors (Lipinski definition) is 5. The standard InChI is InChI=1S/C15H19N3OS/c1-10-5-6-12(15-18-16-9-19-15)8-14(10)17-13-4-3-7-20-11(13)2/h5-6,8-9,11,13,17H,3-4,7H2,1-2H3. The van der Waals surface area contributed by atoms with Crippen LogP contribution in [0.15, 0.2) is 29.0 Å². The maximum atomic E-state index is 5.27. The van der Waals surface area contributed by atoms with E-state index in [1.807, 2.05) is 17.8 Å². The molecule has 3 rings (SSSR count). The first-order valence-corrected chi connectivity index (χ1v) is 8.04. The van der Waals surface area contributed by atoms with Crippen LogP contribution in [-0.2, 0) is 0 Å². The van der Waals surface area contributed by atoms with Crippen molar-refractivity contribution in [2.45, 2.75) is 38.0 Å². The van der Waals surface area contributed by atoms with Gasteiger partial charge in [-0.25, -0.2) is 0 Å². The lowest BCUT2D eigenvalue weighted by Gasteiger charge is -2.30. The molecule has 0 amide bonds. The molecule has 2 aromatic rings. The molecule has 0 aliphatic carbocycles. The third-order valence-electron chi connectivity index (χ3n) is 3.79. The minimum atomic E-state index is 0.533. The molecule has 1 saturated heterocycles.